The summed E-state index contributed by atoms with van der Waals surface area (Å²) in [6.45, 7) is 3.21. The number of hydroxylamine groups is 1. The average Bonchev–Trinajstić information content (AvgIpc) is 2.82. The van der Waals surface area contributed by atoms with Gasteiger partial charge in [0.05, 0.1) is 0 Å². The van der Waals surface area contributed by atoms with Crippen molar-refractivity contribution in [2.24, 2.45) is 5.92 Å². The number of hydrogen-bond donors (Lipinski definition) is 4. The van der Waals surface area contributed by atoms with Crippen LogP contribution in [0.15, 0.2) is 72.8 Å². The van der Waals surface area contributed by atoms with E-state index in [0.29, 0.717) is 27.6 Å². The normalized spacial score (nSPS) is 12.8. The Balaban J connectivity index is 1.91. The molecule has 0 spiro atoms. The van der Waals surface area contributed by atoms with E-state index >= 15 is 0 Å². The summed E-state index contributed by atoms with van der Waals surface area (Å²) in [6, 6.07) is 16.7. The van der Waals surface area contributed by atoms with Gasteiger partial charge < -0.3 is 9.84 Å². The molecule has 2 atom stereocenters. The van der Waals surface area contributed by atoms with Crippen LogP contribution in [0.25, 0.3) is 10.8 Å². The minimum Gasteiger partial charge on any atom is -0.507 e. The van der Waals surface area contributed by atoms with Crippen molar-refractivity contribution in [1.29, 1.82) is 0 Å². The predicted molar refractivity (Wildman–Crippen MR) is 123 cm³/mol. The topological polar surface area (TPSA) is 125 Å². The highest BCUT2D eigenvalue weighted by Gasteiger charge is 2.25. The van der Waals surface area contributed by atoms with E-state index in [1.54, 1.807) is 61.5 Å². The van der Waals surface area contributed by atoms with Crippen molar-refractivity contribution in [3.8, 4) is 5.75 Å². The first kappa shape index (κ1) is 23.5. The molecule has 3 rings (SSSR count). The number of fused-ring (bicyclic) bond motifs is 1. The van der Waals surface area contributed by atoms with E-state index < -0.39 is 24.0 Å². The van der Waals surface area contributed by atoms with Crippen molar-refractivity contribution in [3.05, 3.63) is 83.9 Å². The Morgan fingerprint density at radius 2 is 1.64 bits per heavy atom. The number of amides is 2. The SMILES string of the molecule is CC(=O)c1ccc(NC(=O)O[C@H](c2ccc(O)c3ccccc23)[C@H](C)/C=C/C(=O)NO)cc1. The van der Waals surface area contributed by atoms with Crippen LogP contribution < -0.4 is 10.8 Å². The Bertz CT molecular complexity index is 1200. The second-order valence-electron chi connectivity index (χ2n) is 7.50. The summed E-state index contributed by atoms with van der Waals surface area (Å²) in [5, 5.41) is 22.9. The summed E-state index contributed by atoms with van der Waals surface area (Å²) < 4.78 is 5.75. The first-order chi connectivity index (χ1) is 15.8. The van der Waals surface area contributed by atoms with Crippen LogP contribution in [0.5, 0.6) is 5.75 Å². The number of anilines is 1. The van der Waals surface area contributed by atoms with Crippen LogP contribution in [-0.2, 0) is 9.53 Å². The molecule has 0 aromatic heterocycles. The molecular weight excluding hydrogens is 424 g/mol. The molecule has 0 saturated carbocycles. The van der Waals surface area contributed by atoms with Gasteiger partial charge in [0.15, 0.2) is 5.78 Å². The molecule has 4 N–H and O–H groups in total. The fraction of sp³-hybridized carbons (Fsp3) is 0.160. The standard InChI is InChI=1S/C25H24N2O6/c1-15(7-14-23(30)27-32)24(21-12-13-22(29)20-6-4-3-5-19(20)21)33-25(31)26-18-10-8-17(9-11-18)16(2)28/h3-15,24,29,32H,1-2H3,(H,26,31)(H,27,30)/b14-7+/t15-,24+/m1/s1. The summed E-state index contributed by atoms with van der Waals surface area (Å²) >= 11 is 0. The molecular formula is C25H24N2O6. The van der Waals surface area contributed by atoms with Gasteiger partial charge in [-0.2, -0.15) is 0 Å². The van der Waals surface area contributed by atoms with Gasteiger partial charge in [-0.25, -0.2) is 10.3 Å². The van der Waals surface area contributed by atoms with E-state index in [4.69, 9.17) is 9.94 Å². The molecule has 0 radical (unpaired) electrons. The lowest BCUT2D eigenvalue weighted by molar-refractivity contribution is -0.124. The maximum atomic E-state index is 12.7. The molecule has 0 bridgehead atoms. The smallest absolute Gasteiger partial charge is 0.412 e. The number of aromatic hydroxyl groups is 1. The molecule has 33 heavy (non-hydrogen) atoms. The molecule has 0 heterocycles. The number of phenolic OH excluding ortho intramolecular Hbond substituents is 1. The van der Waals surface area contributed by atoms with E-state index in [2.05, 4.69) is 5.32 Å². The molecule has 8 heteroatoms. The van der Waals surface area contributed by atoms with Crippen LogP contribution in [0.1, 0.15) is 35.9 Å². The van der Waals surface area contributed by atoms with Gasteiger partial charge >= 0.3 is 6.09 Å². The first-order valence-corrected chi connectivity index (χ1v) is 10.2. The number of rotatable bonds is 7. The molecule has 2 amide bonds. The van der Waals surface area contributed by atoms with Gasteiger partial charge in [-0.05, 0) is 42.6 Å². The largest absolute Gasteiger partial charge is 0.507 e. The zero-order chi connectivity index (χ0) is 24.0. The van der Waals surface area contributed by atoms with Gasteiger partial charge in [0.2, 0.25) is 0 Å². The fourth-order valence-corrected chi connectivity index (χ4v) is 3.44. The van der Waals surface area contributed by atoms with Crippen LogP contribution in [0.2, 0.25) is 0 Å². The highest BCUT2D eigenvalue weighted by molar-refractivity contribution is 5.95. The second-order valence-corrected chi connectivity index (χ2v) is 7.50. The Kier molecular flexibility index (Phi) is 7.42. The van der Waals surface area contributed by atoms with Crippen molar-refractivity contribution in [3.63, 3.8) is 0 Å². The summed E-state index contributed by atoms with van der Waals surface area (Å²) in [4.78, 5) is 35.6. The van der Waals surface area contributed by atoms with Crippen molar-refractivity contribution in [2.45, 2.75) is 20.0 Å². The van der Waals surface area contributed by atoms with Gasteiger partial charge in [-0.1, -0.05) is 43.3 Å². The van der Waals surface area contributed by atoms with E-state index in [9.17, 15) is 19.5 Å². The Hall–Kier alpha value is -4.17. The molecule has 0 unspecified atom stereocenters. The number of nitrogens with one attached hydrogen (secondary N) is 2. The zero-order valence-electron chi connectivity index (χ0n) is 18.1. The molecule has 170 valence electrons. The van der Waals surface area contributed by atoms with E-state index in [1.807, 2.05) is 0 Å². The van der Waals surface area contributed by atoms with Gasteiger partial charge in [0.25, 0.3) is 5.91 Å². The van der Waals surface area contributed by atoms with Crippen LogP contribution in [-0.4, -0.2) is 28.1 Å². The number of hydrogen-bond acceptors (Lipinski definition) is 6. The maximum absolute atomic E-state index is 12.7. The summed E-state index contributed by atoms with van der Waals surface area (Å²) in [5.41, 5.74) is 3.11. The molecule has 0 fully saturated rings. The van der Waals surface area contributed by atoms with Crippen molar-refractivity contribution >= 4 is 34.2 Å². The molecule has 8 nitrogen and oxygen atoms in total. The van der Waals surface area contributed by atoms with Gasteiger partial charge in [-0.3, -0.25) is 20.1 Å². The van der Waals surface area contributed by atoms with Gasteiger partial charge in [0.1, 0.15) is 11.9 Å². The number of Topliss-reactive ketones (excluding diaryl/α,β-unsaturated/α-hetero) is 1. The quantitative estimate of drug-likeness (QED) is 0.179. The molecule has 0 aliphatic heterocycles. The number of ketones is 1. The second kappa shape index (κ2) is 10.4. The average molecular weight is 448 g/mol. The number of carbonyl (C=O) groups excluding carboxylic acids is 3. The lowest BCUT2D eigenvalue weighted by Gasteiger charge is -2.24. The minimum absolute atomic E-state index is 0.0871. The van der Waals surface area contributed by atoms with Crippen LogP contribution in [0, 0.1) is 5.92 Å². The highest BCUT2D eigenvalue weighted by atomic mass is 16.6. The predicted octanol–water partition coefficient (Wildman–Crippen LogP) is 4.74. The molecule has 0 saturated heterocycles. The summed E-state index contributed by atoms with van der Waals surface area (Å²) in [6.07, 6.45) is 1.09. The molecule has 0 aliphatic carbocycles. The lowest BCUT2D eigenvalue weighted by atomic mass is 9.92. The fourth-order valence-electron chi connectivity index (χ4n) is 3.44. The van der Waals surface area contributed by atoms with Gasteiger partial charge in [0, 0.05) is 34.2 Å². The van der Waals surface area contributed by atoms with E-state index in [1.165, 1.54) is 24.5 Å². The summed E-state index contributed by atoms with van der Waals surface area (Å²) in [7, 11) is 0. The Morgan fingerprint density at radius 1 is 0.970 bits per heavy atom. The number of carbonyl (C=O) groups is 3. The third kappa shape index (κ3) is 5.75. The Morgan fingerprint density at radius 3 is 2.27 bits per heavy atom. The maximum Gasteiger partial charge on any atom is 0.412 e. The third-order valence-electron chi connectivity index (χ3n) is 5.15. The van der Waals surface area contributed by atoms with Crippen molar-refractivity contribution < 1.29 is 29.4 Å². The first-order valence-electron chi connectivity index (χ1n) is 10.2. The third-order valence-corrected chi connectivity index (χ3v) is 5.15. The van der Waals surface area contributed by atoms with Crippen LogP contribution >= 0.6 is 0 Å². The monoisotopic (exact) mass is 448 g/mol. The Labute approximate surface area is 190 Å². The lowest BCUT2D eigenvalue weighted by Crippen LogP contribution is -2.22. The summed E-state index contributed by atoms with van der Waals surface area (Å²) in [5.74, 6) is -1.19. The highest BCUT2D eigenvalue weighted by Crippen LogP contribution is 2.36. The van der Waals surface area contributed by atoms with Crippen LogP contribution in [0.4, 0.5) is 10.5 Å². The van der Waals surface area contributed by atoms with Crippen LogP contribution in [0.3, 0.4) is 0 Å². The number of phenols is 1. The van der Waals surface area contributed by atoms with Crippen molar-refractivity contribution in [2.75, 3.05) is 5.32 Å². The minimum atomic E-state index is -0.824. The number of benzene rings is 3. The molecule has 0 aliphatic rings. The molecule has 3 aromatic carbocycles. The zero-order valence-corrected chi connectivity index (χ0v) is 18.1. The van der Waals surface area contributed by atoms with Crippen molar-refractivity contribution in [1.82, 2.24) is 5.48 Å². The van der Waals surface area contributed by atoms with E-state index in [-0.39, 0.29) is 11.5 Å². The van der Waals surface area contributed by atoms with Gasteiger partial charge in [-0.15, -0.1) is 0 Å². The molecule has 3 aromatic rings. The number of ether oxygens (including phenoxy) is 1. The van der Waals surface area contributed by atoms with E-state index in [0.717, 1.165) is 6.08 Å².